The molecule has 108 valence electrons. The van der Waals surface area contributed by atoms with Gasteiger partial charge in [-0.1, -0.05) is 0 Å². The summed E-state index contributed by atoms with van der Waals surface area (Å²) in [6.45, 7) is 1.81. The quantitative estimate of drug-likeness (QED) is 0.616. The fourth-order valence-electron chi connectivity index (χ4n) is 2.03. The number of nitrogens with one attached hydrogen (secondary N) is 2. The number of methoxy groups -OCH3 is 1. The molecule has 2 N–H and O–H groups in total. The van der Waals surface area contributed by atoms with Gasteiger partial charge in [0.25, 0.3) is 0 Å². The molecule has 7 nitrogen and oxygen atoms in total. The highest BCUT2D eigenvalue weighted by Crippen LogP contribution is 2.19. The van der Waals surface area contributed by atoms with E-state index >= 15 is 0 Å². The van der Waals surface area contributed by atoms with Crippen LogP contribution in [0, 0.1) is 0 Å². The molecule has 1 aliphatic rings. The van der Waals surface area contributed by atoms with Gasteiger partial charge in [-0.3, -0.25) is 20.2 Å². The highest BCUT2D eigenvalue weighted by atomic mass is 16.5. The average Bonchev–Trinajstić information content (AvgIpc) is 2.90. The third kappa shape index (κ3) is 3.05. The second kappa shape index (κ2) is 5.87. The minimum atomic E-state index is -0.551. The smallest absolute Gasteiger partial charge is 0.373 e. The van der Waals surface area contributed by atoms with Gasteiger partial charge < -0.3 is 9.15 Å². The monoisotopic (exact) mass is 280 g/mol. The maximum absolute atomic E-state index is 11.6. The fourth-order valence-corrected chi connectivity index (χ4v) is 2.03. The topological polar surface area (TPSA) is 97.6 Å². The number of piperidine rings is 1. The van der Waals surface area contributed by atoms with Gasteiger partial charge >= 0.3 is 5.97 Å². The lowest BCUT2D eigenvalue weighted by Gasteiger charge is -2.24. The van der Waals surface area contributed by atoms with Crippen molar-refractivity contribution >= 4 is 17.8 Å². The van der Waals surface area contributed by atoms with Crippen molar-refractivity contribution in [3.8, 4) is 0 Å². The molecule has 1 saturated heterocycles. The van der Waals surface area contributed by atoms with E-state index < -0.39 is 12.0 Å². The lowest BCUT2D eigenvalue weighted by molar-refractivity contribution is -0.134. The molecule has 2 amide bonds. The summed E-state index contributed by atoms with van der Waals surface area (Å²) in [4.78, 5) is 34.0. The van der Waals surface area contributed by atoms with Crippen LogP contribution < -0.4 is 10.6 Å². The predicted molar refractivity (Wildman–Crippen MR) is 67.8 cm³/mol. The molecule has 1 aromatic heterocycles. The maximum atomic E-state index is 11.6. The van der Waals surface area contributed by atoms with Crippen LogP contribution >= 0.6 is 0 Å². The van der Waals surface area contributed by atoms with Crippen LogP contribution in [0.25, 0.3) is 0 Å². The van der Waals surface area contributed by atoms with E-state index in [1.807, 2.05) is 6.92 Å². The van der Waals surface area contributed by atoms with Crippen LogP contribution in [-0.4, -0.2) is 30.9 Å². The van der Waals surface area contributed by atoms with Crippen molar-refractivity contribution in [2.75, 3.05) is 7.11 Å². The Balaban J connectivity index is 1.99. The van der Waals surface area contributed by atoms with Gasteiger partial charge in [-0.2, -0.15) is 0 Å². The van der Waals surface area contributed by atoms with E-state index in [0.29, 0.717) is 18.6 Å². The van der Waals surface area contributed by atoms with Gasteiger partial charge in [0.2, 0.25) is 17.6 Å². The van der Waals surface area contributed by atoms with E-state index in [0.717, 1.165) is 0 Å². The summed E-state index contributed by atoms with van der Waals surface area (Å²) in [5.41, 5.74) is 0. The zero-order valence-corrected chi connectivity index (χ0v) is 11.3. The molecular formula is C13H16N2O5. The highest BCUT2D eigenvalue weighted by molar-refractivity contribution is 6.00. The first-order chi connectivity index (χ1) is 9.51. The number of carbonyl (C=O) groups excluding carboxylic acids is 3. The number of imide groups is 1. The molecular weight excluding hydrogens is 264 g/mol. The van der Waals surface area contributed by atoms with Gasteiger partial charge in [0, 0.05) is 6.42 Å². The van der Waals surface area contributed by atoms with Crippen molar-refractivity contribution in [2.45, 2.75) is 31.8 Å². The van der Waals surface area contributed by atoms with Crippen LogP contribution in [0.2, 0.25) is 0 Å². The number of hydrogen-bond donors (Lipinski definition) is 2. The molecule has 1 aliphatic heterocycles. The van der Waals surface area contributed by atoms with Crippen LogP contribution in [0.5, 0.6) is 0 Å². The molecule has 7 heteroatoms. The van der Waals surface area contributed by atoms with Gasteiger partial charge in [0.1, 0.15) is 5.76 Å². The molecule has 2 heterocycles. The number of carbonyl (C=O) groups is 3. The van der Waals surface area contributed by atoms with E-state index in [-0.39, 0.29) is 23.6 Å². The molecule has 0 aromatic carbocycles. The molecule has 1 fully saturated rings. The summed E-state index contributed by atoms with van der Waals surface area (Å²) >= 11 is 0. The minimum Gasteiger partial charge on any atom is -0.463 e. The lowest BCUT2D eigenvalue weighted by Crippen LogP contribution is -2.51. The molecule has 0 spiro atoms. The Morgan fingerprint density at radius 2 is 2.25 bits per heavy atom. The van der Waals surface area contributed by atoms with Gasteiger partial charge in [-0.15, -0.1) is 0 Å². The fraction of sp³-hybridized carbons (Fsp3) is 0.462. The Hall–Kier alpha value is -2.15. The maximum Gasteiger partial charge on any atom is 0.373 e. The number of ether oxygens (including phenoxy) is 1. The molecule has 0 bridgehead atoms. The number of esters is 1. The Morgan fingerprint density at radius 1 is 1.50 bits per heavy atom. The first kappa shape index (κ1) is 14.3. The largest absolute Gasteiger partial charge is 0.463 e. The van der Waals surface area contributed by atoms with Crippen molar-refractivity contribution in [1.82, 2.24) is 10.6 Å². The SMILES string of the molecule is COC(=O)c1ccc(C(C)NC2CCC(=O)NC2=O)o1. The molecule has 1 aromatic rings. The molecule has 0 saturated carbocycles. The molecule has 20 heavy (non-hydrogen) atoms. The molecule has 2 atom stereocenters. The van der Waals surface area contributed by atoms with Gasteiger partial charge in [0.05, 0.1) is 19.2 Å². The van der Waals surface area contributed by atoms with Crippen LogP contribution in [0.15, 0.2) is 16.5 Å². The summed E-state index contributed by atoms with van der Waals surface area (Å²) in [7, 11) is 1.27. The number of hydrogen-bond acceptors (Lipinski definition) is 6. The minimum absolute atomic E-state index is 0.111. The second-order valence-corrected chi connectivity index (χ2v) is 4.59. The first-order valence-electron chi connectivity index (χ1n) is 6.29. The van der Waals surface area contributed by atoms with Crippen molar-refractivity contribution in [3.05, 3.63) is 23.7 Å². The summed E-state index contributed by atoms with van der Waals surface area (Å²) in [5, 5.41) is 5.34. The number of furan rings is 1. The lowest BCUT2D eigenvalue weighted by atomic mass is 10.0. The Kier molecular flexibility index (Phi) is 4.19. The van der Waals surface area contributed by atoms with Crippen molar-refractivity contribution in [1.29, 1.82) is 0 Å². The standard InChI is InChI=1S/C13H16N2O5/c1-7(9-4-5-10(20-9)13(18)19-2)14-8-3-6-11(16)15-12(8)17/h4-5,7-8,14H,3,6H2,1-2H3,(H,15,16,17). The molecule has 0 radical (unpaired) electrons. The van der Waals surface area contributed by atoms with Crippen LogP contribution in [0.3, 0.4) is 0 Å². The van der Waals surface area contributed by atoms with E-state index in [2.05, 4.69) is 15.4 Å². The Labute approximate surface area is 115 Å². The van der Waals surface area contributed by atoms with Crippen molar-refractivity contribution in [2.24, 2.45) is 0 Å². The summed E-state index contributed by atoms with van der Waals surface area (Å²) < 4.78 is 9.91. The number of amides is 2. The van der Waals surface area contributed by atoms with Crippen LogP contribution in [-0.2, 0) is 14.3 Å². The molecule has 0 aliphatic carbocycles. The first-order valence-corrected chi connectivity index (χ1v) is 6.29. The Bertz CT molecular complexity index is 537. The van der Waals surface area contributed by atoms with Crippen molar-refractivity contribution in [3.63, 3.8) is 0 Å². The van der Waals surface area contributed by atoms with Crippen LogP contribution in [0.1, 0.15) is 42.1 Å². The zero-order chi connectivity index (χ0) is 14.7. The highest BCUT2D eigenvalue weighted by Gasteiger charge is 2.28. The summed E-state index contributed by atoms with van der Waals surface area (Å²) in [5.74, 6) is -0.515. The van der Waals surface area contributed by atoms with E-state index in [1.165, 1.54) is 13.2 Å². The third-order valence-electron chi connectivity index (χ3n) is 3.13. The van der Waals surface area contributed by atoms with E-state index in [4.69, 9.17) is 4.42 Å². The zero-order valence-electron chi connectivity index (χ0n) is 11.3. The van der Waals surface area contributed by atoms with Gasteiger partial charge in [0.15, 0.2) is 0 Å². The normalized spacial score (nSPS) is 20.4. The van der Waals surface area contributed by atoms with E-state index in [9.17, 15) is 14.4 Å². The second-order valence-electron chi connectivity index (χ2n) is 4.59. The molecule has 2 unspecified atom stereocenters. The molecule has 2 rings (SSSR count). The summed E-state index contributed by atoms with van der Waals surface area (Å²) in [6, 6.07) is 2.45. The third-order valence-corrected chi connectivity index (χ3v) is 3.13. The predicted octanol–water partition coefficient (Wildman–Crippen LogP) is 0.522. The van der Waals surface area contributed by atoms with Crippen molar-refractivity contribution < 1.29 is 23.5 Å². The van der Waals surface area contributed by atoms with Crippen LogP contribution in [0.4, 0.5) is 0 Å². The van der Waals surface area contributed by atoms with E-state index in [1.54, 1.807) is 6.07 Å². The van der Waals surface area contributed by atoms with Gasteiger partial charge in [-0.25, -0.2) is 4.79 Å². The Morgan fingerprint density at radius 3 is 2.90 bits per heavy atom. The number of rotatable bonds is 4. The average molecular weight is 280 g/mol. The summed E-state index contributed by atoms with van der Waals surface area (Å²) in [6.07, 6.45) is 0.751. The van der Waals surface area contributed by atoms with Gasteiger partial charge in [-0.05, 0) is 25.5 Å².